The van der Waals surface area contributed by atoms with Crippen LogP contribution < -0.4 is 10.1 Å². The lowest BCUT2D eigenvalue weighted by atomic mass is 10.1. The fourth-order valence-corrected chi connectivity index (χ4v) is 2.06. The molecule has 0 radical (unpaired) electrons. The molecule has 5 nitrogen and oxygen atoms in total. The van der Waals surface area contributed by atoms with Gasteiger partial charge in [-0.1, -0.05) is 24.3 Å². The van der Waals surface area contributed by atoms with Crippen molar-refractivity contribution >= 4 is 17.6 Å². The van der Waals surface area contributed by atoms with Gasteiger partial charge in [0.15, 0.2) is 0 Å². The Balaban J connectivity index is 1.89. The summed E-state index contributed by atoms with van der Waals surface area (Å²) in [5.41, 5.74) is 1.85. The van der Waals surface area contributed by atoms with Gasteiger partial charge in [-0.2, -0.15) is 0 Å². The Morgan fingerprint density at radius 1 is 1.09 bits per heavy atom. The first-order valence-electron chi connectivity index (χ1n) is 7.27. The van der Waals surface area contributed by atoms with E-state index in [0.29, 0.717) is 11.3 Å². The van der Waals surface area contributed by atoms with Gasteiger partial charge < -0.3 is 14.8 Å². The van der Waals surface area contributed by atoms with Gasteiger partial charge in [0.2, 0.25) is 5.91 Å². The molecule has 0 aliphatic carbocycles. The second-order valence-corrected chi connectivity index (χ2v) is 5.00. The summed E-state index contributed by atoms with van der Waals surface area (Å²) in [6, 6.07) is 14.3. The number of hydrogen-bond donors (Lipinski definition) is 1. The lowest BCUT2D eigenvalue weighted by molar-refractivity contribution is -0.116. The van der Waals surface area contributed by atoms with E-state index in [0.717, 1.165) is 11.3 Å². The minimum absolute atomic E-state index is 0.184. The summed E-state index contributed by atoms with van der Waals surface area (Å²) in [4.78, 5) is 23.6. The number of rotatable bonds is 6. The molecule has 2 aromatic carbocycles. The lowest BCUT2D eigenvalue weighted by Crippen LogP contribution is -2.17. The van der Waals surface area contributed by atoms with Crippen LogP contribution in [0.1, 0.15) is 22.3 Å². The molecule has 5 heteroatoms. The molecule has 0 unspecified atom stereocenters. The van der Waals surface area contributed by atoms with Crippen LogP contribution in [-0.4, -0.2) is 25.6 Å². The van der Waals surface area contributed by atoms with Crippen LogP contribution in [-0.2, 0) is 9.53 Å². The Bertz CT molecular complexity index is 697. The van der Waals surface area contributed by atoms with Crippen molar-refractivity contribution in [1.82, 2.24) is 0 Å². The van der Waals surface area contributed by atoms with Crippen molar-refractivity contribution in [2.24, 2.45) is 0 Å². The number of carbonyl (C=O) groups is 2. The third-order valence-electron chi connectivity index (χ3n) is 3.19. The van der Waals surface area contributed by atoms with E-state index in [1.807, 2.05) is 31.2 Å². The highest BCUT2D eigenvalue weighted by Gasteiger charge is 2.13. The molecule has 120 valence electrons. The summed E-state index contributed by atoms with van der Waals surface area (Å²) < 4.78 is 10.2. The van der Waals surface area contributed by atoms with Crippen LogP contribution in [0, 0.1) is 6.92 Å². The number of hydrogen-bond acceptors (Lipinski definition) is 4. The van der Waals surface area contributed by atoms with E-state index in [2.05, 4.69) is 5.32 Å². The average molecular weight is 313 g/mol. The Labute approximate surface area is 135 Å². The minimum atomic E-state index is -0.489. The first-order chi connectivity index (χ1) is 11.1. The van der Waals surface area contributed by atoms with E-state index >= 15 is 0 Å². The molecule has 0 bridgehead atoms. The van der Waals surface area contributed by atoms with Crippen LogP contribution in [0.4, 0.5) is 5.69 Å². The molecule has 0 aromatic heterocycles. The van der Waals surface area contributed by atoms with Crippen LogP contribution in [0.25, 0.3) is 0 Å². The number of aryl methyl sites for hydroxylation is 1. The second-order valence-electron chi connectivity index (χ2n) is 5.00. The number of ether oxygens (including phenoxy) is 2. The zero-order valence-corrected chi connectivity index (χ0v) is 13.2. The van der Waals surface area contributed by atoms with Crippen LogP contribution in [0.15, 0.2) is 48.5 Å². The Kier molecular flexibility index (Phi) is 5.74. The normalized spacial score (nSPS) is 10.0. The molecule has 0 aliphatic heterocycles. The van der Waals surface area contributed by atoms with Gasteiger partial charge in [-0.3, -0.25) is 4.79 Å². The van der Waals surface area contributed by atoms with Gasteiger partial charge in [0.05, 0.1) is 31.4 Å². The summed E-state index contributed by atoms with van der Waals surface area (Å²) in [6.45, 7) is 2.24. The number of carbonyl (C=O) groups excluding carboxylic acids is 2. The van der Waals surface area contributed by atoms with E-state index in [1.54, 1.807) is 24.3 Å². The fourth-order valence-electron chi connectivity index (χ4n) is 2.06. The van der Waals surface area contributed by atoms with Crippen molar-refractivity contribution in [2.45, 2.75) is 13.3 Å². The average Bonchev–Trinajstić information content (AvgIpc) is 2.55. The number of para-hydroxylation sites is 1. The molecule has 2 aromatic rings. The highest BCUT2D eigenvalue weighted by atomic mass is 16.5. The van der Waals surface area contributed by atoms with Gasteiger partial charge in [0.25, 0.3) is 0 Å². The van der Waals surface area contributed by atoms with Crippen LogP contribution >= 0.6 is 0 Å². The topological polar surface area (TPSA) is 64.6 Å². The molecule has 2 rings (SSSR count). The number of esters is 1. The summed E-state index contributed by atoms with van der Waals surface area (Å²) >= 11 is 0. The van der Waals surface area contributed by atoms with Gasteiger partial charge in [-0.25, -0.2) is 4.79 Å². The second kappa shape index (κ2) is 7.98. The lowest BCUT2D eigenvalue weighted by Gasteiger charge is -2.10. The molecule has 0 heterocycles. The maximum Gasteiger partial charge on any atom is 0.339 e. The summed E-state index contributed by atoms with van der Waals surface area (Å²) in [6.07, 6.45) is 0.184. The quantitative estimate of drug-likeness (QED) is 0.832. The van der Waals surface area contributed by atoms with Crippen molar-refractivity contribution in [2.75, 3.05) is 19.0 Å². The molecule has 23 heavy (non-hydrogen) atoms. The van der Waals surface area contributed by atoms with E-state index < -0.39 is 5.97 Å². The van der Waals surface area contributed by atoms with Crippen LogP contribution in [0.5, 0.6) is 5.75 Å². The van der Waals surface area contributed by atoms with Crippen molar-refractivity contribution in [3.05, 3.63) is 59.7 Å². The van der Waals surface area contributed by atoms with E-state index in [9.17, 15) is 9.59 Å². The molecule has 0 saturated carbocycles. The maximum atomic E-state index is 12.0. The Morgan fingerprint density at radius 3 is 2.61 bits per heavy atom. The monoisotopic (exact) mass is 313 g/mol. The predicted octanol–water partition coefficient (Wildman–Crippen LogP) is 3.19. The van der Waals surface area contributed by atoms with Crippen molar-refractivity contribution in [1.29, 1.82) is 0 Å². The molecule has 1 N–H and O–H groups in total. The number of benzene rings is 2. The number of nitrogens with one attached hydrogen (secondary N) is 1. The molecule has 0 atom stereocenters. The Hall–Kier alpha value is -2.82. The summed E-state index contributed by atoms with van der Waals surface area (Å²) in [5, 5.41) is 2.70. The molecular formula is C18H19NO4. The molecular weight excluding hydrogens is 294 g/mol. The van der Waals surface area contributed by atoms with E-state index in [-0.39, 0.29) is 18.9 Å². The smallest absolute Gasteiger partial charge is 0.339 e. The van der Waals surface area contributed by atoms with Gasteiger partial charge in [-0.05, 0) is 36.8 Å². The molecule has 1 amide bonds. The third kappa shape index (κ3) is 4.85. The van der Waals surface area contributed by atoms with Crippen molar-refractivity contribution < 1.29 is 19.1 Å². The number of methoxy groups -OCH3 is 1. The van der Waals surface area contributed by atoms with Gasteiger partial charge in [-0.15, -0.1) is 0 Å². The zero-order valence-electron chi connectivity index (χ0n) is 13.2. The first-order valence-corrected chi connectivity index (χ1v) is 7.27. The molecule has 0 aliphatic rings. The van der Waals surface area contributed by atoms with Crippen molar-refractivity contribution in [3.8, 4) is 5.75 Å². The first kappa shape index (κ1) is 16.5. The summed E-state index contributed by atoms with van der Waals surface area (Å²) in [5.74, 6) is 0.0127. The summed E-state index contributed by atoms with van der Waals surface area (Å²) in [7, 11) is 1.30. The number of anilines is 1. The van der Waals surface area contributed by atoms with Gasteiger partial charge in [0.1, 0.15) is 5.75 Å². The molecule has 0 fully saturated rings. The van der Waals surface area contributed by atoms with E-state index in [1.165, 1.54) is 7.11 Å². The zero-order chi connectivity index (χ0) is 16.7. The SMILES string of the molecule is COC(=O)c1ccccc1NC(=O)CCOc1cccc(C)c1. The van der Waals surface area contributed by atoms with Gasteiger partial charge in [0, 0.05) is 0 Å². The highest BCUT2D eigenvalue weighted by Crippen LogP contribution is 2.16. The standard InChI is InChI=1S/C18H19NO4/c1-13-6-5-7-14(12-13)23-11-10-17(20)19-16-9-4-3-8-15(16)18(21)22-2/h3-9,12H,10-11H2,1-2H3,(H,19,20). The highest BCUT2D eigenvalue weighted by molar-refractivity contribution is 6.01. The maximum absolute atomic E-state index is 12.0. The van der Waals surface area contributed by atoms with Gasteiger partial charge >= 0.3 is 5.97 Å². The van der Waals surface area contributed by atoms with Crippen LogP contribution in [0.3, 0.4) is 0 Å². The largest absolute Gasteiger partial charge is 0.493 e. The molecule has 0 spiro atoms. The third-order valence-corrected chi connectivity index (χ3v) is 3.19. The van der Waals surface area contributed by atoms with Crippen molar-refractivity contribution in [3.63, 3.8) is 0 Å². The fraction of sp³-hybridized carbons (Fsp3) is 0.222. The van der Waals surface area contributed by atoms with E-state index in [4.69, 9.17) is 9.47 Å². The minimum Gasteiger partial charge on any atom is -0.493 e. The van der Waals surface area contributed by atoms with Crippen LogP contribution in [0.2, 0.25) is 0 Å². The Morgan fingerprint density at radius 2 is 1.87 bits per heavy atom. The number of amides is 1. The predicted molar refractivity (Wildman–Crippen MR) is 87.7 cm³/mol. The molecule has 0 saturated heterocycles.